The lowest BCUT2D eigenvalue weighted by molar-refractivity contribution is 0.112. The molecule has 3 heterocycles. The number of nitrogens with zero attached hydrogens (tertiary/aromatic N) is 4. The van der Waals surface area contributed by atoms with Crippen molar-refractivity contribution in [2.45, 2.75) is 6.42 Å². The number of carbonyl (C=O) groups is 1. The highest BCUT2D eigenvalue weighted by Crippen LogP contribution is 2.15. The number of ether oxygens (including phenoxy) is 1. The standard InChI is InChI=1S/C16H19N5O2/c1-17-16-13(11-22)10-18-14(20-16)8-12-2-3-15(19-9-12)21-4-6-23-7-5-21/h2-3,9-11H,4-8H2,1H3,(H,17,18,20). The van der Waals surface area contributed by atoms with Crippen molar-refractivity contribution < 1.29 is 9.53 Å². The minimum Gasteiger partial charge on any atom is -0.378 e. The first-order chi connectivity index (χ1) is 11.3. The molecule has 2 aromatic rings. The van der Waals surface area contributed by atoms with Crippen molar-refractivity contribution in [2.24, 2.45) is 0 Å². The topological polar surface area (TPSA) is 80.2 Å². The number of hydrogen-bond donors (Lipinski definition) is 1. The molecule has 0 unspecified atom stereocenters. The Morgan fingerprint density at radius 2 is 2.09 bits per heavy atom. The number of morpholine rings is 1. The van der Waals surface area contributed by atoms with Crippen LogP contribution in [0.5, 0.6) is 0 Å². The summed E-state index contributed by atoms with van der Waals surface area (Å²) in [5, 5.41) is 2.91. The fraction of sp³-hybridized carbons (Fsp3) is 0.375. The minimum absolute atomic E-state index is 0.456. The molecule has 0 amide bonds. The molecule has 0 aromatic carbocycles. The fourth-order valence-electron chi connectivity index (χ4n) is 2.48. The molecule has 7 heteroatoms. The van der Waals surface area contributed by atoms with E-state index < -0.39 is 0 Å². The van der Waals surface area contributed by atoms with Gasteiger partial charge in [0.1, 0.15) is 17.5 Å². The van der Waals surface area contributed by atoms with E-state index in [1.807, 2.05) is 18.3 Å². The highest BCUT2D eigenvalue weighted by atomic mass is 16.5. The zero-order valence-corrected chi connectivity index (χ0v) is 13.0. The summed E-state index contributed by atoms with van der Waals surface area (Å²) < 4.78 is 5.35. The summed E-state index contributed by atoms with van der Waals surface area (Å²) in [5.74, 6) is 2.16. The maximum atomic E-state index is 10.9. The SMILES string of the molecule is CNc1nc(Cc2ccc(N3CCOCC3)nc2)ncc1C=O. The molecule has 120 valence electrons. The number of aromatic nitrogens is 3. The quantitative estimate of drug-likeness (QED) is 0.829. The highest BCUT2D eigenvalue weighted by Gasteiger charge is 2.12. The van der Waals surface area contributed by atoms with Crippen molar-refractivity contribution in [1.82, 2.24) is 15.0 Å². The molecule has 1 saturated heterocycles. The van der Waals surface area contributed by atoms with Crippen LogP contribution in [0.3, 0.4) is 0 Å². The molecule has 0 saturated carbocycles. The van der Waals surface area contributed by atoms with Gasteiger partial charge in [-0.15, -0.1) is 0 Å². The van der Waals surface area contributed by atoms with Crippen molar-refractivity contribution in [1.29, 1.82) is 0 Å². The second-order valence-electron chi connectivity index (χ2n) is 5.26. The first kappa shape index (κ1) is 15.4. The molecular formula is C16H19N5O2. The third-order valence-electron chi connectivity index (χ3n) is 3.74. The highest BCUT2D eigenvalue weighted by molar-refractivity contribution is 5.81. The van der Waals surface area contributed by atoms with Gasteiger partial charge in [-0.3, -0.25) is 4.79 Å². The van der Waals surface area contributed by atoms with Crippen LogP contribution in [0.25, 0.3) is 0 Å². The Morgan fingerprint density at radius 3 is 2.74 bits per heavy atom. The zero-order valence-electron chi connectivity index (χ0n) is 13.0. The molecule has 0 radical (unpaired) electrons. The van der Waals surface area contributed by atoms with E-state index in [9.17, 15) is 4.79 Å². The Bertz CT molecular complexity index is 669. The number of nitrogens with one attached hydrogen (secondary N) is 1. The second kappa shape index (κ2) is 7.15. The Hall–Kier alpha value is -2.54. The lowest BCUT2D eigenvalue weighted by Crippen LogP contribution is -2.36. The predicted octanol–water partition coefficient (Wildman–Crippen LogP) is 1.15. The summed E-state index contributed by atoms with van der Waals surface area (Å²) in [6.45, 7) is 3.22. The Kier molecular flexibility index (Phi) is 4.77. The summed E-state index contributed by atoms with van der Waals surface area (Å²) in [4.78, 5) is 26.2. The first-order valence-electron chi connectivity index (χ1n) is 7.56. The first-order valence-corrected chi connectivity index (χ1v) is 7.56. The van der Waals surface area contributed by atoms with E-state index in [-0.39, 0.29) is 0 Å². The largest absolute Gasteiger partial charge is 0.378 e. The molecule has 1 aliphatic heterocycles. The van der Waals surface area contributed by atoms with E-state index in [2.05, 4.69) is 25.2 Å². The van der Waals surface area contributed by atoms with E-state index in [0.717, 1.165) is 44.0 Å². The normalized spacial score (nSPS) is 14.6. The van der Waals surface area contributed by atoms with Gasteiger partial charge in [0, 0.05) is 39.0 Å². The molecule has 0 atom stereocenters. The fourth-order valence-corrected chi connectivity index (χ4v) is 2.48. The van der Waals surface area contributed by atoms with Gasteiger partial charge < -0.3 is 15.0 Å². The number of anilines is 2. The summed E-state index contributed by atoms with van der Waals surface area (Å²) in [6.07, 6.45) is 4.70. The Labute approximate surface area is 134 Å². The van der Waals surface area contributed by atoms with Crippen LogP contribution in [0.1, 0.15) is 21.7 Å². The summed E-state index contributed by atoms with van der Waals surface area (Å²) in [6, 6.07) is 4.05. The molecule has 0 spiro atoms. The van der Waals surface area contributed by atoms with E-state index in [0.29, 0.717) is 23.6 Å². The number of hydrogen-bond acceptors (Lipinski definition) is 7. The van der Waals surface area contributed by atoms with Crippen molar-refractivity contribution in [3.63, 3.8) is 0 Å². The van der Waals surface area contributed by atoms with Gasteiger partial charge in [-0.1, -0.05) is 6.07 Å². The van der Waals surface area contributed by atoms with E-state index in [1.165, 1.54) is 6.20 Å². The molecule has 7 nitrogen and oxygen atoms in total. The van der Waals surface area contributed by atoms with Crippen LogP contribution in [0, 0.1) is 0 Å². The van der Waals surface area contributed by atoms with Gasteiger partial charge in [-0.05, 0) is 11.6 Å². The molecule has 1 N–H and O–H groups in total. The lowest BCUT2D eigenvalue weighted by atomic mass is 10.2. The maximum absolute atomic E-state index is 10.9. The van der Waals surface area contributed by atoms with E-state index in [1.54, 1.807) is 7.05 Å². The van der Waals surface area contributed by atoms with Gasteiger partial charge in [-0.2, -0.15) is 0 Å². The molecule has 1 aliphatic rings. The maximum Gasteiger partial charge on any atom is 0.155 e. The van der Waals surface area contributed by atoms with Crippen LogP contribution in [0.2, 0.25) is 0 Å². The van der Waals surface area contributed by atoms with Gasteiger partial charge in [0.2, 0.25) is 0 Å². The second-order valence-corrected chi connectivity index (χ2v) is 5.26. The number of pyridine rings is 1. The monoisotopic (exact) mass is 313 g/mol. The molecule has 1 fully saturated rings. The Morgan fingerprint density at radius 1 is 1.26 bits per heavy atom. The molecule has 0 bridgehead atoms. The number of aldehydes is 1. The predicted molar refractivity (Wildman–Crippen MR) is 87.0 cm³/mol. The average molecular weight is 313 g/mol. The average Bonchev–Trinajstić information content (AvgIpc) is 2.63. The van der Waals surface area contributed by atoms with Crippen molar-refractivity contribution in [3.8, 4) is 0 Å². The van der Waals surface area contributed by atoms with Crippen molar-refractivity contribution in [3.05, 3.63) is 41.5 Å². The number of carbonyl (C=O) groups excluding carboxylic acids is 1. The van der Waals surface area contributed by atoms with Crippen LogP contribution in [0.15, 0.2) is 24.5 Å². The Balaban J connectivity index is 1.71. The summed E-state index contributed by atoms with van der Waals surface area (Å²) >= 11 is 0. The van der Waals surface area contributed by atoms with Crippen molar-refractivity contribution >= 4 is 17.9 Å². The van der Waals surface area contributed by atoms with Crippen LogP contribution >= 0.6 is 0 Å². The van der Waals surface area contributed by atoms with Gasteiger partial charge >= 0.3 is 0 Å². The summed E-state index contributed by atoms with van der Waals surface area (Å²) in [5.41, 5.74) is 1.49. The van der Waals surface area contributed by atoms with Gasteiger partial charge in [0.25, 0.3) is 0 Å². The smallest absolute Gasteiger partial charge is 0.155 e. The molecule has 2 aromatic heterocycles. The zero-order chi connectivity index (χ0) is 16.1. The lowest BCUT2D eigenvalue weighted by Gasteiger charge is -2.27. The number of rotatable bonds is 5. The van der Waals surface area contributed by atoms with Crippen LogP contribution < -0.4 is 10.2 Å². The third-order valence-corrected chi connectivity index (χ3v) is 3.74. The van der Waals surface area contributed by atoms with Crippen LogP contribution in [-0.2, 0) is 11.2 Å². The van der Waals surface area contributed by atoms with E-state index in [4.69, 9.17) is 4.74 Å². The van der Waals surface area contributed by atoms with E-state index >= 15 is 0 Å². The van der Waals surface area contributed by atoms with Gasteiger partial charge in [-0.25, -0.2) is 15.0 Å². The molecule has 0 aliphatic carbocycles. The minimum atomic E-state index is 0.456. The van der Waals surface area contributed by atoms with Crippen molar-refractivity contribution in [2.75, 3.05) is 43.6 Å². The van der Waals surface area contributed by atoms with Crippen LogP contribution in [-0.4, -0.2) is 54.6 Å². The van der Waals surface area contributed by atoms with Gasteiger partial charge in [0.05, 0.1) is 18.8 Å². The van der Waals surface area contributed by atoms with Crippen LogP contribution in [0.4, 0.5) is 11.6 Å². The molecule has 3 rings (SSSR count). The van der Waals surface area contributed by atoms with Gasteiger partial charge in [0.15, 0.2) is 6.29 Å². The molecular weight excluding hydrogens is 294 g/mol. The summed E-state index contributed by atoms with van der Waals surface area (Å²) in [7, 11) is 1.73. The molecule has 23 heavy (non-hydrogen) atoms. The third kappa shape index (κ3) is 3.62.